The number of alkyl carbamates (subject to hydrolysis) is 1. The fourth-order valence-corrected chi connectivity index (χ4v) is 7.69. The van der Waals surface area contributed by atoms with Gasteiger partial charge in [0.2, 0.25) is 10.0 Å². The standard InChI is InChI=1S/C30H40N2O8S/c1-19(2)16-32(41(35,36)23-11-9-22(37-3)10-12-23)17-26(33)25(13-20-7-5-4-6-8-20)31-30(34)40-27-14-21-18-38-29-24(21)15-28(27)39-29/h4-12,19,21,24-29,33H,13-18H2,1-3H3,(H,31,34)/t21?,24?,25-,26+,27-,28?,29-/m0/s1. The number of aliphatic hydroxyl groups excluding tert-OH is 1. The molecule has 224 valence electrons. The highest BCUT2D eigenvalue weighted by Gasteiger charge is 2.54. The van der Waals surface area contributed by atoms with Crippen molar-refractivity contribution in [3.05, 3.63) is 60.2 Å². The fraction of sp³-hybridized carbons (Fsp3) is 0.567. The Morgan fingerprint density at radius 3 is 2.51 bits per heavy atom. The molecule has 2 bridgehead atoms. The van der Waals surface area contributed by atoms with Gasteiger partial charge in [-0.3, -0.25) is 0 Å². The highest BCUT2D eigenvalue weighted by atomic mass is 32.2. The van der Waals surface area contributed by atoms with Crippen LogP contribution in [0.2, 0.25) is 0 Å². The number of carbonyl (C=O) groups is 1. The van der Waals surface area contributed by atoms with Crippen LogP contribution in [-0.4, -0.2) is 81.4 Å². The lowest BCUT2D eigenvalue weighted by molar-refractivity contribution is -0.147. The van der Waals surface area contributed by atoms with Gasteiger partial charge in [0, 0.05) is 19.0 Å². The minimum absolute atomic E-state index is 0.00146. The van der Waals surface area contributed by atoms with Crippen molar-refractivity contribution in [3.8, 4) is 5.75 Å². The average Bonchev–Trinajstić information content (AvgIpc) is 3.51. The molecule has 0 spiro atoms. The average molecular weight is 589 g/mol. The molecule has 41 heavy (non-hydrogen) atoms. The molecule has 1 amide bonds. The van der Waals surface area contributed by atoms with Crippen LogP contribution in [0.15, 0.2) is 59.5 Å². The molecule has 1 aliphatic carbocycles. The Morgan fingerprint density at radius 2 is 1.83 bits per heavy atom. The number of carbonyl (C=O) groups excluding carboxylic acids is 1. The molecular weight excluding hydrogens is 548 g/mol. The van der Waals surface area contributed by atoms with Crippen molar-refractivity contribution < 1.29 is 37.3 Å². The van der Waals surface area contributed by atoms with Crippen molar-refractivity contribution >= 4 is 16.1 Å². The van der Waals surface area contributed by atoms with E-state index in [0.29, 0.717) is 37.0 Å². The van der Waals surface area contributed by atoms with Crippen LogP contribution in [0, 0.1) is 17.8 Å². The monoisotopic (exact) mass is 588 g/mol. The first-order valence-electron chi connectivity index (χ1n) is 14.2. The second kappa shape index (κ2) is 12.7. The van der Waals surface area contributed by atoms with E-state index >= 15 is 0 Å². The van der Waals surface area contributed by atoms with E-state index < -0.39 is 34.4 Å². The van der Waals surface area contributed by atoms with Crippen LogP contribution in [0.3, 0.4) is 0 Å². The highest BCUT2D eigenvalue weighted by molar-refractivity contribution is 7.89. The van der Waals surface area contributed by atoms with E-state index in [-0.39, 0.29) is 36.3 Å². The second-order valence-corrected chi connectivity index (χ2v) is 13.6. The van der Waals surface area contributed by atoms with E-state index in [1.54, 1.807) is 12.1 Å². The number of methoxy groups -OCH3 is 1. The van der Waals surface area contributed by atoms with Crippen molar-refractivity contribution in [2.45, 2.75) is 68.6 Å². The molecule has 5 rings (SSSR count). The molecule has 3 unspecified atom stereocenters. The van der Waals surface area contributed by atoms with Crippen LogP contribution < -0.4 is 10.1 Å². The summed E-state index contributed by atoms with van der Waals surface area (Å²) in [6, 6.07) is 14.8. The first kappa shape index (κ1) is 29.8. The maximum absolute atomic E-state index is 13.6. The van der Waals surface area contributed by atoms with Crippen LogP contribution in [0.5, 0.6) is 5.75 Å². The molecule has 0 radical (unpaired) electrons. The van der Waals surface area contributed by atoms with Gasteiger partial charge in [-0.15, -0.1) is 0 Å². The van der Waals surface area contributed by atoms with Crippen molar-refractivity contribution in [1.29, 1.82) is 0 Å². The summed E-state index contributed by atoms with van der Waals surface area (Å²) < 4.78 is 51.2. The molecule has 11 heteroatoms. The smallest absolute Gasteiger partial charge is 0.407 e. The number of sulfonamides is 1. The van der Waals surface area contributed by atoms with Crippen LogP contribution in [0.4, 0.5) is 4.79 Å². The van der Waals surface area contributed by atoms with E-state index in [1.807, 2.05) is 44.2 Å². The van der Waals surface area contributed by atoms with Crippen molar-refractivity contribution in [3.63, 3.8) is 0 Å². The van der Waals surface area contributed by atoms with E-state index in [0.717, 1.165) is 12.0 Å². The highest BCUT2D eigenvalue weighted by Crippen LogP contribution is 2.47. The third-order valence-corrected chi connectivity index (χ3v) is 10.0. The summed E-state index contributed by atoms with van der Waals surface area (Å²) in [5, 5.41) is 14.3. The third-order valence-electron chi connectivity index (χ3n) is 8.17. The van der Waals surface area contributed by atoms with Gasteiger partial charge in [0.05, 0.1) is 36.9 Å². The SMILES string of the molecule is COc1ccc(S(=O)(=O)N(CC(C)C)C[C@@H](O)[C@H](Cc2ccccc2)NC(=O)O[C@H]2CC3CO[C@H]4OC2CC34)cc1. The van der Waals surface area contributed by atoms with Gasteiger partial charge in [-0.2, -0.15) is 4.31 Å². The molecule has 0 aromatic heterocycles. The molecule has 2 aliphatic heterocycles. The minimum Gasteiger partial charge on any atom is -0.497 e. The number of nitrogens with zero attached hydrogens (tertiary/aromatic N) is 1. The topological polar surface area (TPSA) is 124 Å². The maximum Gasteiger partial charge on any atom is 0.407 e. The van der Waals surface area contributed by atoms with Crippen LogP contribution in [0.1, 0.15) is 32.3 Å². The maximum atomic E-state index is 13.6. The normalized spacial score (nSPS) is 26.6. The molecule has 7 atom stereocenters. The summed E-state index contributed by atoms with van der Waals surface area (Å²) in [4.78, 5) is 13.3. The number of rotatable bonds is 12. The summed E-state index contributed by atoms with van der Waals surface area (Å²) in [5.41, 5.74) is 0.888. The van der Waals surface area contributed by atoms with E-state index in [4.69, 9.17) is 18.9 Å². The van der Waals surface area contributed by atoms with E-state index in [9.17, 15) is 18.3 Å². The number of amides is 1. The first-order chi connectivity index (χ1) is 19.6. The van der Waals surface area contributed by atoms with Gasteiger partial charge < -0.3 is 29.4 Å². The lowest BCUT2D eigenvalue weighted by Gasteiger charge is -2.33. The van der Waals surface area contributed by atoms with Gasteiger partial charge in [0.25, 0.3) is 0 Å². The molecule has 10 nitrogen and oxygen atoms in total. The zero-order chi connectivity index (χ0) is 29.1. The Kier molecular flexibility index (Phi) is 9.20. The number of aliphatic hydroxyl groups is 1. The van der Waals surface area contributed by atoms with Crippen LogP contribution in [0.25, 0.3) is 0 Å². The predicted molar refractivity (Wildman–Crippen MR) is 151 cm³/mol. The van der Waals surface area contributed by atoms with Crippen LogP contribution >= 0.6 is 0 Å². The molecule has 2 aromatic carbocycles. The lowest BCUT2D eigenvalue weighted by atomic mass is 9.80. The quantitative estimate of drug-likeness (QED) is 0.388. The largest absolute Gasteiger partial charge is 0.497 e. The molecule has 2 N–H and O–H groups in total. The molecular formula is C30H40N2O8S. The van der Waals surface area contributed by atoms with Crippen molar-refractivity contribution in [2.24, 2.45) is 17.8 Å². The summed E-state index contributed by atoms with van der Waals surface area (Å²) >= 11 is 0. The van der Waals surface area contributed by atoms with Gasteiger partial charge in [0.15, 0.2) is 6.29 Å². The van der Waals surface area contributed by atoms with Crippen molar-refractivity contribution in [1.82, 2.24) is 9.62 Å². The Labute approximate surface area is 242 Å². The molecule has 2 heterocycles. The zero-order valence-corrected chi connectivity index (χ0v) is 24.5. The lowest BCUT2D eigenvalue weighted by Crippen LogP contribution is -2.52. The summed E-state index contributed by atoms with van der Waals surface area (Å²) in [6.45, 7) is 4.42. The zero-order valence-electron chi connectivity index (χ0n) is 23.7. The Morgan fingerprint density at radius 1 is 1.10 bits per heavy atom. The number of fused-ring (bicyclic) bond motifs is 1. The fourth-order valence-electron chi connectivity index (χ4n) is 6.07. The van der Waals surface area contributed by atoms with Gasteiger partial charge >= 0.3 is 6.09 Å². The Bertz CT molecular complexity index is 1270. The van der Waals surface area contributed by atoms with Gasteiger partial charge in [0.1, 0.15) is 11.9 Å². The molecule has 2 aromatic rings. The van der Waals surface area contributed by atoms with E-state index in [1.165, 1.54) is 23.5 Å². The minimum atomic E-state index is -3.94. The predicted octanol–water partition coefficient (Wildman–Crippen LogP) is 3.19. The van der Waals surface area contributed by atoms with Gasteiger partial charge in [-0.1, -0.05) is 44.2 Å². The number of benzene rings is 2. The summed E-state index contributed by atoms with van der Waals surface area (Å²) in [5.74, 6) is 1.20. The number of hydrogen-bond acceptors (Lipinski definition) is 8. The number of hydrogen-bond donors (Lipinski definition) is 2. The second-order valence-electron chi connectivity index (χ2n) is 11.6. The number of nitrogens with one attached hydrogen (secondary N) is 1. The van der Waals surface area contributed by atoms with Crippen molar-refractivity contribution in [2.75, 3.05) is 26.8 Å². The van der Waals surface area contributed by atoms with Gasteiger partial charge in [-0.05, 0) is 60.9 Å². The molecule has 2 saturated heterocycles. The number of ether oxygens (including phenoxy) is 4. The van der Waals surface area contributed by atoms with Crippen LogP contribution in [-0.2, 0) is 30.7 Å². The van der Waals surface area contributed by atoms with Gasteiger partial charge in [-0.25, -0.2) is 13.2 Å². The Balaban J connectivity index is 1.31. The summed E-state index contributed by atoms with van der Waals surface area (Å²) in [6.07, 6.45) is -0.918. The summed E-state index contributed by atoms with van der Waals surface area (Å²) in [7, 11) is -2.43. The molecule has 3 fully saturated rings. The molecule has 1 saturated carbocycles. The molecule has 3 aliphatic rings. The van der Waals surface area contributed by atoms with E-state index in [2.05, 4.69) is 5.32 Å². The third kappa shape index (κ3) is 6.86. The first-order valence-corrected chi connectivity index (χ1v) is 15.7. The Hall–Kier alpha value is -2.70.